The number of anilines is 1. The number of para-hydroxylation sites is 2. The van der Waals surface area contributed by atoms with E-state index in [0.717, 1.165) is 34.1 Å². The van der Waals surface area contributed by atoms with Crippen LogP contribution in [0, 0.1) is 6.92 Å². The van der Waals surface area contributed by atoms with Crippen LogP contribution in [-0.2, 0) is 12.9 Å². The molecule has 0 fully saturated rings. The van der Waals surface area contributed by atoms with Gasteiger partial charge in [-0.05, 0) is 19.1 Å². The van der Waals surface area contributed by atoms with Crippen LogP contribution in [0.3, 0.4) is 0 Å². The van der Waals surface area contributed by atoms with Gasteiger partial charge in [-0.1, -0.05) is 12.1 Å². The lowest BCUT2D eigenvalue weighted by atomic mass is 10.2. The Morgan fingerprint density at radius 3 is 2.62 bits per heavy atom. The minimum Gasteiger partial charge on any atom is -0.376 e. The van der Waals surface area contributed by atoms with E-state index in [0.29, 0.717) is 5.88 Å². The molecular formula is C15H18ClN5. The topological polar surface area (TPSA) is 38.9 Å². The second kappa shape index (κ2) is 5.07. The van der Waals surface area contributed by atoms with Crippen molar-refractivity contribution in [2.24, 2.45) is 7.05 Å². The van der Waals surface area contributed by atoms with Crippen molar-refractivity contribution in [1.29, 1.82) is 0 Å². The van der Waals surface area contributed by atoms with Crippen molar-refractivity contribution in [3.05, 3.63) is 35.8 Å². The van der Waals surface area contributed by atoms with Crippen LogP contribution in [0.5, 0.6) is 0 Å². The number of halogens is 1. The molecule has 0 saturated carbocycles. The van der Waals surface area contributed by atoms with E-state index in [1.807, 2.05) is 44.9 Å². The van der Waals surface area contributed by atoms with Gasteiger partial charge in [0, 0.05) is 21.1 Å². The van der Waals surface area contributed by atoms with Crippen LogP contribution in [-0.4, -0.2) is 33.4 Å². The smallest absolute Gasteiger partial charge is 0.163 e. The maximum absolute atomic E-state index is 6.12. The first-order chi connectivity index (χ1) is 10.0. The molecule has 0 saturated heterocycles. The highest BCUT2D eigenvalue weighted by Gasteiger charge is 2.20. The summed E-state index contributed by atoms with van der Waals surface area (Å²) in [5, 5.41) is 4.46. The van der Waals surface area contributed by atoms with Gasteiger partial charge >= 0.3 is 0 Å². The molecule has 2 heterocycles. The number of aryl methyl sites for hydroxylation is 2. The van der Waals surface area contributed by atoms with Gasteiger partial charge in [-0.3, -0.25) is 4.57 Å². The van der Waals surface area contributed by atoms with Gasteiger partial charge in [0.05, 0.1) is 22.9 Å². The highest BCUT2D eigenvalue weighted by molar-refractivity contribution is 6.17. The third-order valence-corrected chi connectivity index (χ3v) is 3.83. The monoisotopic (exact) mass is 303 g/mol. The molecule has 0 amide bonds. The summed E-state index contributed by atoms with van der Waals surface area (Å²) in [6.07, 6.45) is 0. The molecule has 5 nitrogen and oxygen atoms in total. The third-order valence-electron chi connectivity index (χ3n) is 3.60. The minimum absolute atomic E-state index is 0.357. The number of alkyl halides is 1. The molecule has 110 valence electrons. The summed E-state index contributed by atoms with van der Waals surface area (Å²) < 4.78 is 3.96. The van der Waals surface area contributed by atoms with Crippen molar-refractivity contribution >= 4 is 28.5 Å². The number of rotatable bonds is 3. The van der Waals surface area contributed by atoms with Crippen LogP contribution in [0.1, 0.15) is 11.5 Å². The molecule has 21 heavy (non-hydrogen) atoms. The fourth-order valence-electron chi connectivity index (χ4n) is 2.69. The van der Waals surface area contributed by atoms with E-state index in [1.165, 1.54) is 0 Å². The first kappa shape index (κ1) is 13.9. The Morgan fingerprint density at radius 1 is 1.24 bits per heavy atom. The van der Waals surface area contributed by atoms with Crippen LogP contribution < -0.4 is 4.90 Å². The Hall–Kier alpha value is -2.01. The van der Waals surface area contributed by atoms with Gasteiger partial charge in [-0.25, -0.2) is 9.67 Å². The molecule has 0 unspecified atom stereocenters. The molecule has 1 aromatic carbocycles. The second-order valence-corrected chi connectivity index (χ2v) is 5.53. The number of fused-ring (bicyclic) bond motifs is 1. The van der Waals surface area contributed by atoms with Gasteiger partial charge in [0.25, 0.3) is 0 Å². The molecule has 0 aliphatic heterocycles. The summed E-state index contributed by atoms with van der Waals surface area (Å²) in [7, 11) is 5.99. The molecule has 0 radical (unpaired) electrons. The number of imidazole rings is 1. The zero-order valence-electron chi connectivity index (χ0n) is 12.6. The van der Waals surface area contributed by atoms with Gasteiger partial charge in [0.2, 0.25) is 0 Å². The summed E-state index contributed by atoms with van der Waals surface area (Å²) >= 11 is 6.12. The van der Waals surface area contributed by atoms with Gasteiger partial charge in [0.15, 0.2) is 5.65 Å². The first-order valence-corrected chi connectivity index (χ1v) is 7.31. The Kier molecular flexibility index (Phi) is 3.37. The lowest BCUT2D eigenvalue weighted by molar-refractivity contribution is 0.755. The molecule has 2 aromatic heterocycles. The lowest BCUT2D eigenvalue weighted by Crippen LogP contribution is -2.14. The number of aromatic nitrogens is 4. The predicted molar refractivity (Wildman–Crippen MR) is 86.5 cm³/mol. The Bertz CT molecular complexity index is 800. The largest absolute Gasteiger partial charge is 0.376 e. The summed E-state index contributed by atoms with van der Waals surface area (Å²) in [6.45, 7) is 1.97. The van der Waals surface area contributed by atoms with Crippen LogP contribution in [0.25, 0.3) is 16.9 Å². The molecule has 3 rings (SSSR count). The van der Waals surface area contributed by atoms with Crippen LogP contribution in [0.15, 0.2) is 24.3 Å². The van der Waals surface area contributed by atoms with E-state index in [4.69, 9.17) is 11.6 Å². The zero-order chi connectivity index (χ0) is 15.1. The molecule has 0 N–H and O–H groups in total. The van der Waals surface area contributed by atoms with E-state index < -0.39 is 0 Å². The number of hydrogen-bond donors (Lipinski definition) is 0. The average molecular weight is 304 g/mol. The van der Waals surface area contributed by atoms with Crippen LogP contribution in [0.4, 0.5) is 5.69 Å². The van der Waals surface area contributed by atoms with Crippen molar-refractivity contribution in [3.63, 3.8) is 0 Å². The maximum atomic E-state index is 6.12. The molecule has 0 bridgehead atoms. The van der Waals surface area contributed by atoms with E-state index in [2.05, 4.69) is 31.7 Å². The SMILES string of the molecule is Cc1nn(C)c2c1nc(CCl)n2-c1ccccc1N(C)C. The van der Waals surface area contributed by atoms with Gasteiger partial charge in [-0.2, -0.15) is 5.10 Å². The van der Waals surface area contributed by atoms with E-state index >= 15 is 0 Å². The summed E-state index contributed by atoms with van der Waals surface area (Å²) in [5.41, 5.74) is 4.96. The van der Waals surface area contributed by atoms with E-state index in [1.54, 1.807) is 0 Å². The summed E-state index contributed by atoms with van der Waals surface area (Å²) in [4.78, 5) is 6.74. The Labute approximate surface area is 128 Å². The van der Waals surface area contributed by atoms with Crippen LogP contribution >= 0.6 is 11.6 Å². The van der Waals surface area contributed by atoms with Crippen molar-refractivity contribution in [2.45, 2.75) is 12.8 Å². The van der Waals surface area contributed by atoms with Crippen molar-refractivity contribution in [3.8, 4) is 5.69 Å². The molecular weight excluding hydrogens is 286 g/mol. The van der Waals surface area contributed by atoms with Gasteiger partial charge in [0.1, 0.15) is 11.3 Å². The maximum Gasteiger partial charge on any atom is 0.163 e. The van der Waals surface area contributed by atoms with Gasteiger partial charge in [-0.15, -0.1) is 11.6 Å². The molecule has 0 aliphatic rings. The highest BCUT2D eigenvalue weighted by Crippen LogP contribution is 2.29. The Balaban J connectivity index is 2.39. The fourth-order valence-corrected chi connectivity index (χ4v) is 2.87. The predicted octanol–water partition coefficient (Wildman–Crippen LogP) is 2.87. The van der Waals surface area contributed by atoms with Crippen molar-refractivity contribution < 1.29 is 0 Å². The van der Waals surface area contributed by atoms with Crippen LogP contribution in [0.2, 0.25) is 0 Å². The number of hydrogen-bond acceptors (Lipinski definition) is 3. The van der Waals surface area contributed by atoms with E-state index in [9.17, 15) is 0 Å². The summed E-state index contributed by atoms with van der Waals surface area (Å²) in [5.74, 6) is 1.19. The highest BCUT2D eigenvalue weighted by atomic mass is 35.5. The lowest BCUT2D eigenvalue weighted by Gasteiger charge is -2.19. The molecule has 0 atom stereocenters. The molecule has 0 spiro atoms. The van der Waals surface area contributed by atoms with Crippen molar-refractivity contribution in [2.75, 3.05) is 19.0 Å². The number of benzene rings is 1. The minimum atomic E-state index is 0.357. The quantitative estimate of drug-likeness (QED) is 0.698. The standard InChI is InChI=1S/C15H18ClN5/c1-10-14-15(20(4)18-10)21(13(9-16)17-14)12-8-6-5-7-11(12)19(2)3/h5-8H,9H2,1-4H3. The molecule has 6 heteroatoms. The number of nitrogens with zero attached hydrogens (tertiary/aromatic N) is 5. The summed E-state index contributed by atoms with van der Waals surface area (Å²) in [6, 6.07) is 8.22. The van der Waals surface area contributed by atoms with Gasteiger partial charge < -0.3 is 4.90 Å². The van der Waals surface area contributed by atoms with Crippen molar-refractivity contribution in [1.82, 2.24) is 19.3 Å². The Morgan fingerprint density at radius 2 is 1.95 bits per heavy atom. The second-order valence-electron chi connectivity index (χ2n) is 5.26. The first-order valence-electron chi connectivity index (χ1n) is 6.78. The fraction of sp³-hybridized carbons (Fsp3) is 0.333. The molecule has 0 aliphatic carbocycles. The van der Waals surface area contributed by atoms with E-state index in [-0.39, 0.29) is 0 Å². The normalized spacial score (nSPS) is 11.3. The average Bonchev–Trinajstić information content (AvgIpc) is 2.97. The molecule has 3 aromatic rings. The third kappa shape index (κ3) is 2.08. The zero-order valence-corrected chi connectivity index (χ0v) is 13.4.